The van der Waals surface area contributed by atoms with Crippen molar-refractivity contribution in [3.63, 3.8) is 0 Å². The molecule has 5 nitrogen and oxygen atoms in total. The summed E-state index contributed by atoms with van der Waals surface area (Å²) in [7, 11) is -3.68. The summed E-state index contributed by atoms with van der Waals surface area (Å²) >= 11 is 4.54. The number of nitrogens with two attached hydrogens (primary N) is 1. The van der Waals surface area contributed by atoms with E-state index >= 15 is 0 Å². The number of benzene rings is 1. The minimum Gasteiger partial charge on any atom is -0.399 e. The zero-order valence-electron chi connectivity index (χ0n) is 11.0. The average molecular weight is 376 g/mol. The van der Waals surface area contributed by atoms with Crippen LogP contribution in [0.2, 0.25) is 0 Å². The average Bonchev–Trinajstić information content (AvgIpc) is 2.67. The number of nitrogen functional groups attached to an aromatic ring is 1. The van der Waals surface area contributed by atoms with Crippen molar-refractivity contribution in [2.45, 2.75) is 25.2 Å². The number of aryl methyl sites for hydroxylation is 2. The van der Waals surface area contributed by atoms with Crippen LogP contribution in [0.1, 0.15) is 17.5 Å². The number of aromatic nitrogens is 1. The highest BCUT2D eigenvalue weighted by molar-refractivity contribution is 9.10. The maximum Gasteiger partial charge on any atom is 0.264 e. The first-order valence-corrected chi connectivity index (χ1v) is 8.97. The number of hydrogen-bond donors (Lipinski definition) is 2. The lowest BCUT2D eigenvalue weighted by molar-refractivity contribution is 0.600. The van der Waals surface area contributed by atoms with Crippen LogP contribution in [0.5, 0.6) is 0 Å². The monoisotopic (exact) mass is 375 g/mol. The van der Waals surface area contributed by atoms with Gasteiger partial charge in [0.2, 0.25) is 0 Å². The van der Waals surface area contributed by atoms with Gasteiger partial charge in [0.15, 0.2) is 5.13 Å². The molecular weight excluding hydrogens is 362 g/mol. The Bertz CT molecular complexity index is 741. The molecule has 0 aliphatic carbocycles. The molecule has 20 heavy (non-hydrogen) atoms. The molecule has 108 valence electrons. The highest BCUT2D eigenvalue weighted by Gasteiger charge is 2.20. The van der Waals surface area contributed by atoms with E-state index in [1.807, 2.05) is 13.8 Å². The van der Waals surface area contributed by atoms with Gasteiger partial charge in [0.1, 0.15) is 4.90 Å². The molecule has 0 amide bonds. The minimum absolute atomic E-state index is 0.137. The second-order valence-electron chi connectivity index (χ2n) is 4.17. The molecule has 0 bridgehead atoms. The van der Waals surface area contributed by atoms with Gasteiger partial charge in [-0.2, -0.15) is 0 Å². The number of anilines is 2. The predicted molar refractivity (Wildman–Crippen MR) is 85.6 cm³/mol. The number of nitrogens with one attached hydrogen (secondary N) is 1. The van der Waals surface area contributed by atoms with Gasteiger partial charge in [-0.05, 0) is 47.5 Å². The molecule has 0 aliphatic heterocycles. The number of sulfonamides is 1. The van der Waals surface area contributed by atoms with Gasteiger partial charge < -0.3 is 5.73 Å². The fourth-order valence-electron chi connectivity index (χ4n) is 1.70. The van der Waals surface area contributed by atoms with E-state index in [-0.39, 0.29) is 4.90 Å². The van der Waals surface area contributed by atoms with E-state index in [0.29, 0.717) is 15.3 Å². The van der Waals surface area contributed by atoms with Crippen molar-refractivity contribution in [3.8, 4) is 0 Å². The second kappa shape index (κ2) is 5.71. The Kier molecular flexibility index (Phi) is 4.36. The maximum absolute atomic E-state index is 12.3. The smallest absolute Gasteiger partial charge is 0.264 e. The van der Waals surface area contributed by atoms with E-state index in [2.05, 4.69) is 25.6 Å². The van der Waals surface area contributed by atoms with Crippen molar-refractivity contribution in [3.05, 3.63) is 33.2 Å². The highest BCUT2D eigenvalue weighted by Crippen LogP contribution is 2.28. The number of rotatable bonds is 4. The van der Waals surface area contributed by atoms with Crippen molar-refractivity contribution in [2.24, 2.45) is 0 Å². The van der Waals surface area contributed by atoms with E-state index in [9.17, 15) is 8.42 Å². The first-order valence-electron chi connectivity index (χ1n) is 5.87. The normalized spacial score (nSPS) is 11.6. The fraction of sp³-hybridized carbons (Fsp3) is 0.250. The largest absolute Gasteiger partial charge is 0.399 e. The van der Waals surface area contributed by atoms with Gasteiger partial charge in [-0.1, -0.05) is 6.92 Å². The molecule has 8 heteroatoms. The third-order valence-electron chi connectivity index (χ3n) is 2.69. The highest BCUT2D eigenvalue weighted by atomic mass is 79.9. The second-order valence-corrected chi connectivity index (χ2v) is 7.88. The van der Waals surface area contributed by atoms with Gasteiger partial charge in [0.05, 0.1) is 5.69 Å². The molecule has 0 atom stereocenters. The number of nitrogens with zero attached hydrogens (tertiary/aromatic N) is 1. The van der Waals surface area contributed by atoms with Gasteiger partial charge in [-0.3, -0.25) is 4.72 Å². The van der Waals surface area contributed by atoms with Gasteiger partial charge in [0, 0.05) is 15.0 Å². The van der Waals surface area contributed by atoms with Crippen LogP contribution in [0.15, 0.2) is 27.6 Å². The molecule has 0 fully saturated rings. The molecule has 1 aromatic heterocycles. The summed E-state index contributed by atoms with van der Waals surface area (Å²) in [6, 6.07) is 4.56. The molecule has 1 aromatic carbocycles. The molecule has 0 radical (unpaired) electrons. The molecular formula is C12H14BrN3O2S2. The van der Waals surface area contributed by atoms with E-state index < -0.39 is 10.0 Å². The minimum atomic E-state index is -3.68. The Morgan fingerprint density at radius 1 is 1.45 bits per heavy atom. The maximum atomic E-state index is 12.3. The van der Waals surface area contributed by atoms with Crippen LogP contribution in [0.25, 0.3) is 0 Å². The third-order valence-corrected chi connectivity index (χ3v) is 6.07. The Balaban J connectivity index is 2.35. The van der Waals surface area contributed by atoms with Crippen molar-refractivity contribution < 1.29 is 8.42 Å². The van der Waals surface area contributed by atoms with Crippen LogP contribution in [-0.2, 0) is 16.4 Å². The zero-order chi connectivity index (χ0) is 14.9. The van der Waals surface area contributed by atoms with E-state index in [1.165, 1.54) is 17.4 Å². The first kappa shape index (κ1) is 15.3. The molecule has 1 heterocycles. The molecule has 2 aromatic rings. The molecule has 2 rings (SSSR count). The summed E-state index contributed by atoms with van der Waals surface area (Å²) in [6.45, 7) is 3.91. The molecule has 0 aliphatic rings. The van der Waals surface area contributed by atoms with Gasteiger partial charge in [-0.15, -0.1) is 11.3 Å². The predicted octanol–water partition coefficient (Wildman–Crippen LogP) is 3.16. The lowest BCUT2D eigenvalue weighted by Crippen LogP contribution is -2.13. The molecule has 0 saturated carbocycles. The summed E-state index contributed by atoms with van der Waals surface area (Å²) in [6.07, 6.45) is 0.773. The fourth-order valence-corrected chi connectivity index (χ4v) is 4.94. The summed E-state index contributed by atoms with van der Waals surface area (Å²) < 4.78 is 27.6. The summed E-state index contributed by atoms with van der Waals surface area (Å²) in [5.41, 5.74) is 7.01. The molecule has 0 saturated heterocycles. The quantitative estimate of drug-likeness (QED) is 0.803. The number of hydrogen-bond acceptors (Lipinski definition) is 5. The van der Waals surface area contributed by atoms with E-state index in [0.717, 1.165) is 17.0 Å². The SMILES string of the molecule is CCc1nc(NS(=O)(=O)c2ccc(N)cc2Br)sc1C. The molecule has 0 spiro atoms. The summed E-state index contributed by atoms with van der Waals surface area (Å²) in [5.74, 6) is 0. The van der Waals surface area contributed by atoms with Crippen LogP contribution in [-0.4, -0.2) is 13.4 Å². The standard InChI is InChI=1S/C12H14BrN3O2S2/c1-3-10-7(2)19-12(15-10)16-20(17,18)11-5-4-8(14)6-9(11)13/h4-6H,3,14H2,1-2H3,(H,15,16). The van der Waals surface area contributed by atoms with Gasteiger partial charge in [0.25, 0.3) is 10.0 Å². The van der Waals surface area contributed by atoms with Crippen molar-refractivity contribution in [1.29, 1.82) is 0 Å². The van der Waals surface area contributed by atoms with Gasteiger partial charge >= 0.3 is 0 Å². The summed E-state index contributed by atoms with van der Waals surface area (Å²) in [4.78, 5) is 5.43. The van der Waals surface area contributed by atoms with Crippen molar-refractivity contribution >= 4 is 48.1 Å². The lowest BCUT2D eigenvalue weighted by atomic mass is 10.3. The topological polar surface area (TPSA) is 85.1 Å². The van der Waals surface area contributed by atoms with E-state index in [1.54, 1.807) is 12.1 Å². The first-order chi connectivity index (χ1) is 9.33. The van der Waals surface area contributed by atoms with Crippen LogP contribution < -0.4 is 10.5 Å². The Morgan fingerprint density at radius 3 is 2.70 bits per heavy atom. The molecule has 3 N–H and O–H groups in total. The van der Waals surface area contributed by atoms with Crippen LogP contribution >= 0.6 is 27.3 Å². The van der Waals surface area contributed by atoms with Crippen LogP contribution in [0.4, 0.5) is 10.8 Å². The van der Waals surface area contributed by atoms with Gasteiger partial charge in [-0.25, -0.2) is 13.4 Å². The molecule has 0 unspecified atom stereocenters. The number of thiazole rings is 1. The lowest BCUT2D eigenvalue weighted by Gasteiger charge is -2.07. The Morgan fingerprint density at radius 2 is 2.15 bits per heavy atom. The third kappa shape index (κ3) is 3.13. The summed E-state index contributed by atoms with van der Waals surface area (Å²) in [5, 5.41) is 0.378. The van der Waals surface area contributed by atoms with E-state index in [4.69, 9.17) is 5.73 Å². The Hall–Kier alpha value is -1.12. The number of halogens is 1. The van der Waals surface area contributed by atoms with Crippen LogP contribution in [0, 0.1) is 6.92 Å². The van der Waals surface area contributed by atoms with Crippen LogP contribution in [0.3, 0.4) is 0 Å². The van der Waals surface area contributed by atoms with Crippen molar-refractivity contribution in [2.75, 3.05) is 10.5 Å². The van der Waals surface area contributed by atoms with Crippen molar-refractivity contribution in [1.82, 2.24) is 4.98 Å². The Labute approximate surface area is 130 Å². The zero-order valence-corrected chi connectivity index (χ0v) is 14.2.